The second-order valence-electron chi connectivity index (χ2n) is 8.10. The molecular weight excluding hydrogens is 396 g/mol. The molecule has 3 rings (SSSR count). The predicted octanol–water partition coefficient (Wildman–Crippen LogP) is 2.56. The summed E-state index contributed by atoms with van der Waals surface area (Å²) in [5.41, 5.74) is 0.854. The van der Waals surface area contributed by atoms with Gasteiger partial charge in [-0.1, -0.05) is 12.8 Å². The summed E-state index contributed by atoms with van der Waals surface area (Å²) in [5.74, 6) is 3.30. The second kappa shape index (κ2) is 11.1. The van der Waals surface area contributed by atoms with Gasteiger partial charge in [-0.15, -0.1) is 0 Å². The molecule has 1 atom stereocenters. The maximum atomic E-state index is 12.7. The number of aliphatic imine (C=N–C) groups is 1. The molecule has 172 valence electrons. The van der Waals surface area contributed by atoms with Crippen molar-refractivity contribution in [3.8, 4) is 17.2 Å². The third kappa shape index (κ3) is 5.74. The van der Waals surface area contributed by atoms with E-state index >= 15 is 0 Å². The summed E-state index contributed by atoms with van der Waals surface area (Å²) < 4.78 is 16.4. The minimum Gasteiger partial charge on any atom is -0.496 e. The highest BCUT2D eigenvalue weighted by Gasteiger charge is 2.32. The SMILES string of the molecule is CCNC(=NCc1c(OC)cc(OC)cc1OC)NC1CCN(C(=O)C2CCCC2)C1. The topological polar surface area (TPSA) is 84.4 Å². The van der Waals surface area contributed by atoms with Crippen LogP contribution in [0.3, 0.4) is 0 Å². The highest BCUT2D eigenvalue weighted by atomic mass is 16.5. The zero-order valence-electron chi connectivity index (χ0n) is 19.2. The van der Waals surface area contributed by atoms with Crippen molar-refractivity contribution < 1.29 is 19.0 Å². The Hall–Kier alpha value is -2.64. The lowest BCUT2D eigenvalue weighted by Gasteiger charge is -2.21. The molecule has 1 saturated heterocycles. The van der Waals surface area contributed by atoms with Gasteiger partial charge in [-0.2, -0.15) is 0 Å². The van der Waals surface area contributed by atoms with Crippen molar-refractivity contribution >= 4 is 11.9 Å². The zero-order chi connectivity index (χ0) is 22.2. The maximum Gasteiger partial charge on any atom is 0.225 e. The van der Waals surface area contributed by atoms with E-state index in [4.69, 9.17) is 19.2 Å². The van der Waals surface area contributed by atoms with Gasteiger partial charge in [0.1, 0.15) is 17.2 Å². The van der Waals surface area contributed by atoms with Gasteiger partial charge in [0, 0.05) is 43.7 Å². The molecule has 1 aromatic carbocycles. The van der Waals surface area contributed by atoms with E-state index in [2.05, 4.69) is 10.6 Å². The first kappa shape index (κ1) is 23.0. The molecule has 1 aliphatic heterocycles. The summed E-state index contributed by atoms with van der Waals surface area (Å²) in [6, 6.07) is 3.86. The van der Waals surface area contributed by atoms with Crippen LogP contribution in [0.25, 0.3) is 0 Å². The number of hydrogen-bond acceptors (Lipinski definition) is 5. The van der Waals surface area contributed by atoms with Crippen molar-refractivity contribution in [2.45, 2.75) is 51.6 Å². The number of likely N-dealkylation sites (tertiary alicyclic amines) is 1. The fourth-order valence-corrected chi connectivity index (χ4v) is 4.41. The van der Waals surface area contributed by atoms with Crippen LogP contribution in [0.1, 0.15) is 44.6 Å². The molecule has 1 saturated carbocycles. The van der Waals surface area contributed by atoms with Crippen molar-refractivity contribution in [1.82, 2.24) is 15.5 Å². The standard InChI is InChI=1S/C23H36N4O4/c1-5-24-23(25-14-19-20(30-3)12-18(29-2)13-21(19)31-4)26-17-10-11-27(15-17)22(28)16-8-6-7-9-16/h12-13,16-17H,5-11,14-15H2,1-4H3,(H2,24,25,26). The van der Waals surface area contributed by atoms with E-state index in [0.717, 1.165) is 50.4 Å². The number of nitrogens with zero attached hydrogens (tertiary/aromatic N) is 2. The number of benzene rings is 1. The summed E-state index contributed by atoms with van der Waals surface area (Å²) >= 11 is 0. The molecule has 2 aliphatic rings. The average Bonchev–Trinajstić information content (AvgIpc) is 3.49. The zero-order valence-corrected chi connectivity index (χ0v) is 19.2. The third-order valence-corrected chi connectivity index (χ3v) is 6.10. The Bertz CT molecular complexity index is 752. The largest absolute Gasteiger partial charge is 0.496 e. The van der Waals surface area contributed by atoms with Gasteiger partial charge >= 0.3 is 0 Å². The smallest absolute Gasteiger partial charge is 0.225 e. The lowest BCUT2D eigenvalue weighted by atomic mass is 10.1. The third-order valence-electron chi connectivity index (χ3n) is 6.10. The Balaban J connectivity index is 1.66. The number of amides is 1. The van der Waals surface area contributed by atoms with Gasteiger partial charge in [0.15, 0.2) is 5.96 Å². The molecule has 2 N–H and O–H groups in total. The van der Waals surface area contributed by atoms with Gasteiger partial charge in [0.25, 0.3) is 0 Å². The molecule has 0 bridgehead atoms. The predicted molar refractivity (Wildman–Crippen MR) is 121 cm³/mol. The van der Waals surface area contributed by atoms with Gasteiger partial charge in [-0.05, 0) is 26.2 Å². The average molecular weight is 433 g/mol. The van der Waals surface area contributed by atoms with Gasteiger partial charge in [0.2, 0.25) is 5.91 Å². The van der Waals surface area contributed by atoms with Crippen molar-refractivity contribution in [3.05, 3.63) is 17.7 Å². The minimum atomic E-state index is 0.197. The molecule has 1 aliphatic carbocycles. The summed E-state index contributed by atoms with van der Waals surface area (Å²) in [6.07, 6.45) is 5.38. The maximum absolute atomic E-state index is 12.7. The fraction of sp³-hybridized carbons (Fsp3) is 0.652. The Morgan fingerprint density at radius 3 is 2.35 bits per heavy atom. The van der Waals surface area contributed by atoms with Crippen molar-refractivity contribution in [2.24, 2.45) is 10.9 Å². The number of methoxy groups -OCH3 is 3. The van der Waals surface area contributed by atoms with E-state index < -0.39 is 0 Å². The molecule has 8 nitrogen and oxygen atoms in total. The van der Waals surface area contributed by atoms with Crippen LogP contribution >= 0.6 is 0 Å². The van der Waals surface area contributed by atoms with E-state index in [1.807, 2.05) is 24.0 Å². The summed E-state index contributed by atoms with van der Waals surface area (Å²) in [7, 11) is 4.86. The molecule has 1 aromatic rings. The van der Waals surface area contributed by atoms with Crippen LogP contribution in [-0.2, 0) is 11.3 Å². The van der Waals surface area contributed by atoms with E-state index in [0.29, 0.717) is 29.7 Å². The number of nitrogens with one attached hydrogen (secondary N) is 2. The number of carbonyl (C=O) groups is 1. The molecule has 8 heteroatoms. The van der Waals surface area contributed by atoms with E-state index in [9.17, 15) is 4.79 Å². The van der Waals surface area contributed by atoms with Crippen LogP contribution in [0.5, 0.6) is 17.2 Å². The fourth-order valence-electron chi connectivity index (χ4n) is 4.41. The van der Waals surface area contributed by atoms with Crippen LogP contribution in [0.2, 0.25) is 0 Å². The molecule has 1 amide bonds. The van der Waals surface area contributed by atoms with Crippen molar-refractivity contribution in [2.75, 3.05) is 41.0 Å². The van der Waals surface area contributed by atoms with Gasteiger partial charge in [0.05, 0.1) is 33.4 Å². The molecule has 31 heavy (non-hydrogen) atoms. The monoisotopic (exact) mass is 432 g/mol. The van der Waals surface area contributed by atoms with Gasteiger partial charge < -0.3 is 29.7 Å². The molecule has 0 aromatic heterocycles. The molecule has 0 radical (unpaired) electrons. The van der Waals surface area contributed by atoms with Crippen LogP contribution in [-0.4, -0.2) is 63.8 Å². The molecular formula is C23H36N4O4. The summed E-state index contributed by atoms with van der Waals surface area (Å²) in [5, 5.41) is 6.80. The number of carbonyl (C=O) groups excluding carboxylic acids is 1. The number of ether oxygens (including phenoxy) is 3. The Morgan fingerprint density at radius 2 is 1.77 bits per heavy atom. The number of hydrogen-bond donors (Lipinski definition) is 2. The number of rotatable bonds is 8. The van der Waals surface area contributed by atoms with Crippen LogP contribution < -0.4 is 24.8 Å². The first-order valence-electron chi connectivity index (χ1n) is 11.2. The highest BCUT2D eigenvalue weighted by molar-refractivity contribution is 5.81. The summed E-state index contributed by atoms with van der Waals surface area (Å²) in [6.45, 7) is 4.72. The normalized spacial score (nSPS) is 19.4. The Labute approximate surface area is 185 Å². The Morgan fingerprint density at radius 1 is 1.10 bits per heavy atom. The highest BCUT2D eigenvalue weighted by Crippen LogP contribution is 2.34. The van der Waals surface area contributed by atoms with E-state index in [1.54, 1.807) is 21.3 Å². The second-order valence-corrected chi connectivity index (χ2v) is 8.10. The van der Waals surface area contributed by atoms with Crippen molar-refractivity contribution in [3.63, 3.8) is 0 Å². The molecule has 1 heterocycles. The van der Waals surface area contributed by atoms with Crippen molar-refractivity contribution in [1.29, 1.82) is 0 Å². The first-order chi connectivity index (χ1) is 15.1. The quantitative estimate of drug-likeness (QED) is 0.485. The van der Waals surface area contributed by atoms with E-state index in [1.165, 1.54) is 12.8 Å². The van der Waals surface area contributed by atoms with Crippen LogP contribution in [0.15, 0.2) is 17.1 Å². The lowest BCUT2D eigenvalue weighted by Crippen LogP contribution is -2.45. The van der Waals surface area contributed by atoms with Gasteiger partial charge in [-0.3, -0.25) is 4.79 Å². The molecule has 2 fully saturated rings. The number of guanidine groups is 1. The molecule has 1 unspecified atom stereocenters. The first-order valence-corrected chi connectivity index (χ1v) is 11.2. The minimum absolute atomic E-state index is 0.197. The lowest BCUT2D eigenvalue weighted by molar-refractivity contribution is -0.134. The van der Waals surface area contributed by atoms with Crippen LogP contribution in [0.4, 0.5) is 0 Å². The van der Waals surface area contributed by atoms with Gasteiger partial charge in [-0.25, -0.2) is 4.99 Å². The van der Waals surface area contributed by atoms with Crippen LogP contribution in [0, 0.1) is 5.92 Å². The molecule has 0 spiro atoms. The Kier molecular flexibility index (Phi) is 8.26. The summed E-state index contributed by atoms with van der Waals surface area (Å²) in [4.78, 5) is 19.5. The van der Waals surface area contributed by atoms with E-state index in [-0.39, 0.29) is 12.0 Å².